The quantitative estimate of drug-likeness (QED) is 0.742. The summed E-state index contributed by atoms with van der Waals surface area (Å²) in [5, 5.41) is 0. The molecule has 2 aromatic rings. The fraction of sp³-hybridized carbons (Fsp3) is 0.435. The molecule has 0 saturated carbocycles. The van der Waals surface area contributed by atoms with Crippen molar-refractivity contribution in [3.8, 4) is 0 Å². The van der Waals surface area contributed by atoms with Crippen molar-refractivity contribution >= 4 is 17.5 Å². The smallest absolute Gasteiger partial charge is 0.227 e. The average molecular weight is 380 g/mol. The van der Waals surface area contributed by atoms with Crippen LogP contribution in [0.4, 0.5) is 5.69 Å². The molecule has 3 rings (SSSR count). The Bertz CT molecular complexity index is 813. The van der Waals surface area contributed by atoms with Crippen LogP contribution in [0.15, 0.2) is 42.7 Å². The molecule has 1 aromatic heterocycles. The Kier molecular flexibility index (Phi) is 6.45. The van der Waals surface area contributed by atoms with Gasteiger partial charge in [-0.3, -0.25) is 14.6 Å². The van der Waals surface area contributed by atoms with Crippen LogP contribution in [0.25, 0.3) is 0 Å². The molecule has 1 aliphatic heterocycles. The van der Waals surface area contributed by atoms with Crippen molar-refractivity contribution in [2.45, 2.75) is 39.5 Å². The van der Waals surface area contributed by atoms with Gasteiger partial charge in [-0.15, -0.1) is 0 Å². The third kappa shape index (κ3) is 4.24. The van der Waals surface area contributed by atoms with Crippen LogP contribution in [0.5, 0.6) is 0 Å². The molecular weight excluding hydrogens is 350 g/mol. The number of pyridine rings is 1. The lowest BCUT2D eigenvalue weighted by molar-refractivity contribution is -0.134. The van der Waals surface area contributed by atoms with Gasteiger partial charge >= 0.3 is 0 Å². The second kappa shape index (κ2) is 9.00. The van der Waals surface area contributed by atoms with Gasteiger partial charge in [-0.05, 0) is 48.1 Å². The van der Waals surface area contributed by atoms with Gasteiger partial charge in [0.05, 0.1) is 5.92 Å². The predicted molar refractivity (Wildman–Crippen MR) is 111 cm³/mol. The summed E-state index contributed by atoms with van der Waals surface area (Å²) < 4.78 is 0. The number of likely N-dealkylation sites (N-methyl/N-ethyl adjacent to an activating group) is 1. The summed E-state index contributed by atoms with van der Waals surface area (Å²) in [5.74, 6) is -0.169. The van der Waals surface area contributed by atoms with E-state index in [-0.39, 0.29) is 17.7 Å². The molecule has 148 valence electrons. The van der Waals surface area contributed by atoms with Crippen LogP contribution in [0.1, 0.15) is 37.0 Å². The first-order valence-corrected chi connectivity index (χ1v) is 10.1. The lowest BCUT2D eigenvalue weighted by Gasteiger charge is -2.24. The van der Waals surface area contributed by atoms with Crippen molar-refractivity contribution in [1.82, 2.24) is 9.88 Å². The molecule has 5 heteroatoms. The first kappa shape index (κ1) is 20.1. The lowest BCUT2D eigenvalue weighted by Crippen LogP contribution is -2.36. The summed E-state index contributed by atoms with van der Waals surface area (Å²) in [4.78, 5) is 33.3. The number of nitrogens with zero attached hydrogens (tertiary/aromatic N) is 3. The van der Waals surface area contributed by atoms with E-state index in [2.05, 4.69) is 37.0 Å². The number of para-hydroxylation sites is 1. The fourth-order valence-electron chi connectivity index (χ4n) is 3.92. The lowest BCUT2D eigenvalue weighted by atomic mass is 10.0. The molecule has 1 aromatic carbocycles. The van der Waals surface area contributed by atoms with Crippen LogP contribution in [0, 0.1) is 5.92 Å². The summed E-state index contributed by atoms with van der Waals surface area (Å²) >= 11 is 0. The fourth-order valence-corrected chi connectivity index (χ4v) is 3.92. The van der Waals surface area contributed by atoms with Gasteiger partial charge in [0.2, 0.25) is 11.8 Å². The molecule has 2 amide bonds. The van der Waals surface area contributed by atoms with Crippen molar-refractivity contribution in [3.63, 3.8) is 0 Å². The third-order valence-corrected chi connectivity index (χ3v) is 5.57. The highest BCUT2D eigenvalue weighted by Crippen LogP contribution is 2.32. The number of amides is 2. The molecule has 2 heterocycles. The summed E-state index contributed by atoms with van der Waals surface area (Å²) in [6, 6.07) is 10.1. The Morgan fingerprint density at radius 3 is 2.39 bits per heavy atom. The molecule has 1 aliphatic rings. The Balaban J connectivity index is 1.69. The summed E-state index contributed by atoms with van der Waals surface area (Å²) in [5.41, 5.74) is 4.52. The summed E-state index contributed by atoms with van der Waals surface area (Å²) in [6.45, 7) is 5.32. The van der Waals surface area contributed by atoms with Crippen molar-refractivity contribution in [2.24, 2.45) is 5.92 Å². The monoisotopic (exact) mass is 379 g/mol. The minimum absolute atomic E-state index is 0.0523. The van der Waals surface area contributed by atoms with Gasteiger partial charge < -0.3 is 9.80 Å². The van der Waals surface area contributed by atoms with E-state index in [4.69, 9.17) is 0 Å². The van der Waals surface area contributed by atoms with Crippen LogP contribution in [-0.4, -0.2) is 41.8 Å². The van der Waals surface area contributed by atoms with Gasteiger partial charge in [0.15, 0.2) is 0 Å². The largest absolute Gasteiger partial charge is 0.345 e. The first-order chi connectivity index (χ1) is 13.5. The zero-order chi connectivity index (χ0) is 20.1. The maximum absolute atomic E-state index is 12.9. The highest BCUT2D eigenvalue weighted by molar-refractivity contribution is 6.01. The molecule has 0 N–H and O–H groups in total. The predicted octanol–water partition coefficient (Wildman–Crippen LogP) is 3.26. The number of aryl methyl sites for hydroxylation is 2. The second-order valence-electron chi connectivity index (χ2n) is 7.40. The molecule has 1 saturated heterocycles. The van der Waals surface area contributed by atoms with Crippen molar-refractivity contribution in [3.05, 3.63) is 59.4 Å². The average Bonchev–Trinajstić information content (AvgIpc) is 3.12. The Morgan fingerprint density at radius 2 is 1.79 bits per heavy atom. The van der Waals surface area contributed by atoms with Crippen molar-refractivity contribution in [2.75, 3.05) is 25.0 Å². The van der Waals surface area contributed by atoms with E-state index in [0.717, 1.165) is 30.5 Å². The number of anilines is 1. The van der Waals surface area contributed by atoms with Crippen LogP contribution < -0.4 is 4.90 Å². The van der Waals surface area contributed by atoms with Gasteiger partial charge in [-0.2, -0.15) is 0 Å². The Morgan fingerprint density at radius 1 is 1.14 bits per heavy atom. The Hall–Kier alpha value is -2.69. The van der Waals surface area contributed by atoms with Crippen molar-refractivity contribution in [1.29, 1.82) is 0 Å². The zero-order valence-corrected chi connectivity index (χ0v) is 17.0. The first-order valence-electron chi connectivity index (χ1n) is 10.1. The van der Waals surface area contributed by atoms with E-state index in [1.165, 1.54) is 11.1 Å². The van der Waals surface area contributed by atoms with Crippen LogP contribution in [0.3, 0.4) is 0 Å². The summed E-state index contributed by atoms with van der Waals surface area (Å²) in [7, 11) is 1.83. The van der Waals surface area contributed by atoms with Gasteiger partial charge in [-0.1, -0.05) is 32.0 Å². The van der Waals surface area contributed by atoms with E-state index in [1.807, 2.05) is 24.1 Å². The number of hydrogen-bond acceptors (Lipinski definition) is 3. The number of hydrogen-bond donors (Lipinski definition) is 0. The molecule has 1 atom stereocenters. The minimum atomic E-state index is -0.274. The minimum Gasteiger partial charge on any atom is -0.345 e. The molecule has 0 spiro atoms. The number of rotatable bonds is 7. The normalized spacial score (nSPS) is 16.5. The summed E-state index contributed by atoms with van der Waals surface area (Å²) in [6.07, 6.45) is 6.35. The van der Waals surface area contributed by atoms with E-state index in [9.17, 15) is 9.59 Å². The van der Waals surface area contributed by atoms with Crippen molar-refractivity contribution < 1.29 is 9.59 Å². The molecule has 1 unspecified atom stereocenters. The van der Waals surface area contributed by atoms with Crippen LogP contribution in [0.2, 0.25) is 0 Å². The van der Waals surface area contributed by atoms with Gasteiger partial charge in [0.1, 0.15) is 0 Å². The van der Waals surface area contributed by atoms with Gasteiger partial charge in [0.25, 0.3) is 0 Å². The highest BCUT2D eigenvalue weighted by Gasteiger charge is 2.37. The van der Waals surface area contributed by atoms with E-state index in [1.54, 1.807) is 17.3 Å². The Labute approximate surface area is 167 Å². The highest BCUT2D eigenvalue weighted by atomic mass is 16.2. The molecule has 0 aliphatic carbocycles. The standard InChI is InChI=1S/C23H29N3O2/c1-4-18-7-6-8-19(5-2)22(18)26-16-20(15-21(26)27)23(28)25(3)14-11-17-9-12-24-13-10-17/h6-10,12-13,20H,4-5,11,14-16H2,1-3H3. The molecular formula is C23H29N3O2. The number of benzene rings is 1. The molecule has 1 fully saturated rings. The SMILES string of the molecule is CCc1cccc(CC)c1N1CC(C(=O)N(C)CCc2ccncc2)CC1=O. The molecule has 0 radical (unpaired) electrons. The number of carbonyl (C=O) groups excluding carboxylic acids is 2. The molecule has 28 heavy (non-hydrogen) atoms. The number of aromatic nitrogens is 1. The molecule has 0 bridgehead atoms. The van der Waals surface area contributed by atoms with E-state index >= 15 is 0 Å². The zero-order valence-electron chi connectivity index (χ0n) is 17.0. The van der Waals surface area contributed by atoms with E-state index < -0.39 is 0 Å². The molecule has 5 nitrogen and oxygen atoms in total. The van der Waals surface area contributed by atoms with Gasteiger partial charge in [0, 0.05) is 44.6 Å². The van der Waals surface area contributed by atoms with Gasteiger partial charge in [-0.25, -0.2) is 0 Å². The number of carbonyl (C=O) groups is 2. The maximum atomic E-state index is 12.9. The second-order valence-corrected chi connectivity index (χ2v) is 7.40. The third-order valence-electron chi connectivity index (χ3n) is 5.57. The van der Waals surface area contributed by atoms with E-state index in [0.29, 0.717) is 19.5 Å². The van der Waals surface area contributed by atoms with Crippen LogP contribution in [-0.2, 0) is 28.9 Å². The maximum Gasteiger partial charge on any atom is 0.227 e. The topological polar surface area (TPSA) is 53.5 Å². The van der Waals surface area contributed by atoms with Crippen LogP contribution >= 0.6 is 0 Å².